The van der Waals surface area contributed by atoms with Crippen molar-refractivity contribution >= 4 is 5.97 Å². The van der Waals surface area contributed by atoms with E-state index in [-0.39, 0.29) is 19.0 Å². The molecule has 0 aliphatic rings. The Labute approximate surface area is 115 Å². The van der Waals surface area contributed by atoms with Gasteiger partial charge in [-0.1, -0.05) is 6.07 Å². The summed E-state index contributed by atoms with van der Waals surface area (Å²) in [5, 5.41) is 4.01. The first kappa shape index (κ1) is 14.0. The molecule has 2 aromatic rings. The van der Waals surface area contributed by atoms with Crippen LogP contribution in [0.2, 0.25) is 0 Å². The summed E-state index contributed by atoms with van der Waals surface area (Å²) in [5.41, 5.74) is 0.929. The van der Waals surface area contributed by atoms with E-state index in [1.54, 1.807) is 26.1 Å². The summed E-state index contributed by atoms with van der Waals surface area (Å²) in [6.07, 6.45) is 1.43. The molecule has 0 aliphatic carbocycles. The fraction of sp³-hybridized carbons (Fsp3) is 0.286. The van der Waals surface area contributed by atoms with E-state index in [0.29, 0.717) is 17.0 Å². The highest BCUT2D eigenvalue weighted by molar-refractivity contribution is 5.90. The first-order chi connectivity index (χ1) is 9.61. The van der Waals surface area contributed by atoms with Gasteiger partial charge >= 0.3 is 5.97 Å². The Balaban J connectivity index is 2.13. The van der Waals surface area contributed by atoms with Crippen LogP contribution in [0.5, 0.6) is 5.75 Å². The van der Waals surface area contributed by atoms with Crippen LogP contribution < -0.4 is 4.74 Å². The van der Waals surface area contributed by atoms with E-state index in [2.05, 4.69) is 5.10 Å². The average Bonchev–Trinajstić information content (AvgIpc) is 2.78. The number of rotatable bonds is 5. The van der Waals surface area contributed by atoms with Crippen molar-refractivity contribution in [1.29, 1.82) is 0 Å². The van der Waals surface area contributed by atoms with Gasteiger partial charge in [-0.25, -0.2) is 9.18 Å². The van der Waals surface area contributed by atoms with Crippen LogP contribution in [-0.2, 0) is 18.4 Å². The standard InChI is InChI=1S/C14H15FN2O3/c1-3-19-14(18)12-8-16-17(2)13(12)9-20-11-6-4-5-10(15)7-11/h4-8H,3,9H2,1-2H3. The topological polar surface area (TPSA) is 53.3 Å². The number of esters is 1. The van der Waals surface area contributed by atoms with E-state index in [0.717, 1.165) is 0 Å². The summed E-state index contributed by atoms with van der Waals surface area (Å²) in [6.45, 7) is 2.13. The quantitative estimate of drug-likeness (QED) is 0.788. The summed E-state index contributed by atoms with van der Waals surface area (Å²) < 4.78 is 25.0. The number of aromatic nitrogens is 2. The maximum absolute atomic E-state index is 13.0. The summed E-state index contributed by atoms with van der Waals surface area (Å²) in [6, 6.07) is 5.81. The molecule has 0 saturated heterocycles. The molecule has 0 atom stereocenters. The minimum absolute atomic E-state index is 0.105. The van der Waals surface area contributed by atoms with Gasteiger partial charge in [0.1, 0.15) is 23.7 Å². The molecule has 106 valence electrons. The van der Waals surface area contributed by atoms with Gasteiger partial charge < -0.3 is 9.47 Å². The molecule has 0 spiro atoms. The van der Waals surface area contributed by atoms with E-state index in [4.69, 9.17) is 9.47 Å². The summed E-state index contributed by atoms with van der Waals surface area (Å²) in [7, 11) is 1.70. The largest absolute Gasteiger partial charge is 0.487 e. The van der Waals surface area contributed by atoms with E-state index in [1.807, 2.05) is 0 Å². The fourth-order valence-electron chi connectivity index (χ4n) is 1.72. The average molecular weight is 278 g/mol. The molecule has 1 aromatic carbocycles. The number of hydrogen-bond acceptors (Lipinski definition) is 4. The maximum atomic E-state index is 13.0. The molecule has 1 aromatic heterocycles. The first-order valence-corrected chi connectivity index (χ1v) is 6.18. The normalized spacial score (nSPS) is 10.3. The number of benzene rings is 1. The van der Waals surface area contributed by atoms with E-state index >= 15 is 0 Å². The van der Waals surface area contributed by atoms with Gasteiger partial charge in [-0.15, -0.1) is 0 Å². The van der Waals surface area contributed by atoms with Crippen LogP contribution in [0, 0.1) is 5.82 Å². The minimum Gasteiger partial charge on any atom is -0.487 e. The molecular formula is C14H15FN2O3. The molecule has 0 bridgehead atoms. The van der Waals surface area contributed by atoms with Crippen molar-refractivity contribution in [2.45, 2.75) is 13.5 Å². The van der Waals surface area contributed by atoms with Crippen molar-refractivity contribution in [3.05, 3.63) is 47.5 Å². The van der Waals surface area contributed by atoms with Crippen molar-refractivity contribution in [3.63, 3.8) is 0 Å². The molecule has 0 aliphatic heterocycles. The molecule has 20 heavy (non-hydrogen) atoms. The molecule has 0 N–H and O–H groups in total. The van der Waals surface area contributed by atoms with Gasteiger partial charge in [0.2, 0.25) is 0 Å². The van der Waals surface area contributed by atoms with Crippen LogP contribution in [0.4, 0.5) is 4.39 Å². The minimum atomic E-state index is -0.446. The lowest BCUT2D eigenvalue weighted by Crippen LogP contribution is -2.11. The lowest BCUT2D eigenvalue weighted by Gasteiger charge is -2.08. The smallest absolute Gasteiger partial charge is 0.341 e. The van der Waals surface area contributed by atoms with Crippen LogP contribution in [0.1, 0.15) is 23.0 Å². The van der Waals surface area contributed by atoms with Crippen molar-refractivity contribution in [2.24, 2.45) is 7.05 Å². The lowest BCUT2D eigenvalue weighted by atomic mass is 10.2. The SMILES string of the molecule is CCOC(=O)c1cnn(C)c1COc1cccc(F)c1. The zero-order valence-electron chi connectivity index (χ0n) is 11.3. The highest BCUT2D eigenvalue weighted by Gasteiger charge is 2.17. The second-order valence-electron chi connectivity index (χ2n) is 4.10. The molecule has 6 heteroatoms. The number of hydrogen-bond donors (Lipinski definition) is 0. The highest BCUT2D eigenvalue weighted by atomic mass is 19.1. The van der Waals surface area contributed by atoms with Crippen LogP contribution in [0.3, 0.4) is 0 Å². The highest BCUT2D eigenvalue weighted by Crippen LogP contribution is 2.16. The van der Waals surface area contributed by atoms with E-state index in [9.17, 15) is 9.18 Å². The Morgan fingerprint density at radius 3 is 2.95 bits per heavy atom. The van der Waals surface area contributed by atoms with Gasteiger partial charge in [0.05, 0.1) is 18.5 Å². The summed E-state index contributed by atoms with van der Waals surface area (Å²) in [5.74, 6) is -0.433. The summed E-state index contributed by atoms with van der Waals surface area (Å²) >= 11 is 0. The Kier molecular flexibility index (Phi) is 4.34. The Hall–Kier alpha value is -2.37. The zero-order chi connectivity index (χ0) is 14.5. The van der Waals surface area contributed by atoms with Crippen molar-refractivity contribution in [2.75, 3.05) is 6.61 Å². The van der Waals surface area contributed by atoms with E-state index < -0.39 is 5.97 Å². The van der Waals surface area contributed by atoms with Crippen LogP contribution >= 0.6 is 0 Å². The molecule has 5 nitrogen and oxygen atoms in total. The summed E-state index contributed by atoms with van der Waals surface area (Å²) in [4.78, 5) is 11.8. The Morgan fingerprint density at radius 1 is 1.45 bits per heavy atom. The number of carbonyl (C=O) groups excluding carboxylic acids is 1. The van der Waals surface area contributed by atoms with Crippen molar-refractivity contribution < 1.29 is 18.7 Å². The van der Waals surface area contributed by atoms with Gasteiger partial charge in [0.25, 0.3) is 0 Å². The van der Waals surface area contributed by atoms with Crippen LogP contribution in [0.25, 0.3) is 0 Å². The molecule has 0 amide bonds. The van der Waals surface area contributed by atoms with Gasteiger partial charge in [-0.2, -0.15) is 5.10 Å². The third kappa shape index (κ3) is 3.14. The van der Waals surface area contributed by atoms with Crippen molar-refractivity contribution in [3.8, 4) is 5.75 Å². The number of halogens is 1. The molecule has 0 saturated carbocycles. The molecule has 1 heterocycles. The van der Waals surface area contributed by atoms with Gasteiger partial charge in [-0.3, -0.25) is 4.68 Å². The maximum Gasteiger partial charge on any atom is 0.341 e. The predicted octanol–water partition coefficient (Wildman–Crippen LogP) is 2.31. The van der Waals surface area contributed by atoms with Gasteiger partial charge in [-0.05, 0) is 19.1 Å². The number of ether oxygens (including phenoxy) is 2. The zero-order valence-corrected chi connectivity index (χ0v) is 11.3. The number of nitrogens with zero attached hydrogens (tertiary/aromatic N) is 2. The first-order valence-electron chi connectivity index (χ1n) is 6.18. The van der Waals surface area contributed by atoms with Crippen molar-refractivity contribution in [1.82, 2.24) is 9.78 Å². The molecular weight excluding hydrogens is 263 g/mol. The molecule has 0 radical (unpaired) electrons. The number of carbonyl (C=O) groups is 1. The molecule has 0 unspecified atom stereocenters. The second-order valence-corrected chi connectivity index (χ2v) is 4.10. The van der Waals surface area contributed by atoms with E-state index in [1.165, 1.54) is 23.0 Å². The van der Waals surface area contributed by atoms with Crippen LogP contribution in [-0.4, -0.2) is 22.4 Å². The van der Waals surface area contributed by atoms with Gasteiger partial charge in [0, 0.05) is 13.1 Å². The van der Waals surface area contributed by atoms with Crippen LogP contribution in [0.15, 0.2) is 30.5 Å². The molecule has 2 rings (SSSR count). The Bertz CT molecular complexity index is 610. The second kappa shape index (κ2) is 6.18. The monoisotopic (exact) mass is 278 g/mol. The predicted molar refractivity (Wildman–Crippen MR) is 69.9 cm³/mol. The fourth-order valence-corrected chi connectivity index (χ4v) is 1.72. The lowest BCUT2D eigenvalue weighted by molar-refractivity contribution is 0.0523. The third-order valence-corrected chi connectivity index (χ3v) is 2.73. The Morgan fingerprint density at radius 2 is 2.25 bits per heavy atom. The third-order valence-electron chi connectivity index (χ3n) is 2.73. The van der Waals surface area contributed by atoms with Gasteiger partial charge in [0.15, 0.2) is 0 Å². The number of aryl methyl sites for hydroxylation is 1. The molecule has 0 fully saturated rings.